The van der Waals surface area contributed by atoms with Crippen molar-refractivity contribution in [2.45, 2.75) is 71.0 Å². The molecule has 0 radical (unpaired) electrons. The van der Waals surface area contributed by atoms with E-state index in [-0.39, 0.29) is 11.8 Å². The number of nitrogens with zero attached hydrogens (tertiary/aromatic N) is 3. The molecule has 1 aliphatic rings. The van der Waals surface area contributed by atoms with Gasteiger partial charge in [-0.25, -0.2) is 4.39 Å². The second-order valence-corrected chi connectivity index (χ2v) is 6.37. The third-order valence-electron chi connectivity index (χ3n) is 4.16. The lowest BCUT2D eigenvalue weighted by atomic mass is 9.83. The summed E-state index contributed by atoms with van der Waals surface area (Å²) >= 11 is 0. The SMILES string of the molecule is CCC(Nc1nc(N)nc(C(C)(C)F)n1)C1CCCCC1. The normalized spacial score (nSPS) is 18.5. The molecule has 0 spiro atoms. The quantitative estimate of drug-likeness (QED) is 0.870. The van der Waals surface area contributed by atoms with Crippen LogP contribution in [-0.4, -0.2) is 21.0 Å². The predicted octanol–water partition coefficient (Wildman–Crippen LogP) is 3.43. The highest BCUT2D eigenvalue weighted by Gasteiger charge is 2.26. The number of rotatable bonds is 5. The van der Waals surface area contributed by atoms with Gasteiger partial charge >= 0.3 is 0 Å². The number of nitrogens with one attached hydrogen (secondary N) is 1. The molecule has 1 aromatic rings. The van der Waals surface area contributed by atoms with Crippen molar-refractivity contribution in [2.75, 3.05) is 11.1 Å². The highest BCUT2D eigenvalue weighted by atomic mass is 19.1. The summed E-state index contributed by atoms with van der Waals surface area (Å²) in [6.07, 6.45) is 7.34. The average Bonchev–Trinajstić information content (AvgIpc) is 2.44. The molecule has 1 fully saturated rings. The molecule has 2 rings (SSSR count). The summed E-state index contributed by atoms with van der Waals surface area (Å²) in [6, 6.07) is 0.308. The Bertz CT molecular complexity index is 466. The number of hydrogen-bond donors (Lipinski definition) is 2. The van der Waals surface area contributed by atoms with Crippen molar-refractivity contribution >= 4 is 11.9 Å². The monoisotopic (exact) mass is 295 g/mol. The molecule has 118 valence electrons. The maximum Gasteiger partial charge on any atom is 0.228 e. The Kier molecular flexibility index (Phi) is 4.96. The molecule has 1 saturated carbocycles. The van der Waals surface area contributed by atoms with E-state index in [4.69, 9.17) is 5.73 Å². The minimum Gasteiger partial charge on any atom is -0.368 e. The van der Waals surface area contributed by atoms with Crippen LogP contribution in [0.5, 0.6) is 0 Å². The Balaban J connectivity index is 2.15. The highest BCUT2D eigenvalue weighted by Crippen LogP contribution is 2.29. The maximum atomic E-state index is 14.0. The van der Waals surface area contributed by atoms with Crippen molar-refractivity contribution in [3.8, 4) is 0 Å². The van der Waals surface area contributed by atoms with Crippen molar-refractivity contribution < 1.29 is 4.39 Å². The molecular formula is C15H26FN5. The molecule has 0 aromatic carbocycles. The van der Waals surface area contributed by atoms with Crippen LogP contribution in [0, 0.1) is 5.92 Å². The molecule has 0 bridgehead atoms. The molecule has 1 heterocycles. The summed E-state index contributed by atoms with van der Waals surface area (Å²) < 4.78 is 14.0. The van der Waals surface area contributed by atoms with Crippen LogP contribution >= 0.6 is 0 Å². The zero-order valence-corrected chi connectivity index (χ0v) is 13.2. The number of aromatic nitrogens is 3. The zero-order chi connectivity index (χ0) is 15.5. The maximum absolute atomic E-state index is 14.0. The van der Waals surface area contributed by atoms with Crippen LogP contribution in [0.15, 0.2) is 0 Å². The summed E-state index contributed by atoms with van der Waals surface area (Å²) in [5, 5.41) is 3.34. The standard InChI is InChI=1S/C15H26FN5/c1-4-11(10-8-6-5-7-9-10)18-14-20-12(15(2,3)16)19-13(17)21-14/h10-11H,4-9H2,1-3H3,(H3,17,18,19,20,21). The lowest BCUT2D eigenvalue weighted by Gasteiger charge is -2.30. The van der Waals surface area contributed by atoms with Gasteiger partial charge in [-0.3, -0.25) is 0 Å². The molecule has 3 N–H and O–H groups in total. The Morgan fingerprint density at radius 2 is 1.90 bits per heavy atom. The van der Waals surface area contributed by atoms with Gasteiger partial charge in [0.1, 0.15) is 0 Å². The van der Waals surface area contributed by atoms with E-state index in [9.17, 15) is 4.39 Å². The predicted molar refractivity (Wildman–Crippen MR) is 82.7 cm³/mol. The Morgan fingerprint density at radius 1 is 1.24 bits per heavy atom. The zero-order valence-electron chi connectivity index (χ0n) is 13.2. The van der Waals surface area contributed by atoms with Crippen molar-refractivity contribution in [1.29, 1.82) is 0 Å². The van der Waals surface area contributed by atoms with Crippen LogP contribution in [-0.2, 0) is 5.67 Å². The minimum atomic E-state index is -1.62. The fourth-order valence-corrected chi connectivity index (χ4v) is 2.98. The number of hydrogen-bond acceptors (Lipinski definition) is 5. The van der Waals surface area contributed by atoms with E-state index in [1.807, 2.05) is 0 Å². The lowest BCUT2D eigenvalue weighted by molar-refractivity contribution is 0.206. The van der Waals surface area contributed by atoms with Crippen LogP contribution < -0.4 is 11.1 Å². The van der Waals surface area contributed by atoms with Gasteiger partial charge in [-0.15, -0.1) is 0 Å². The first-order valence-corrected chi connectivity index (χ1v) is 7.87. The fraction of sp³-hybridized carbons (Fsp3) is 0.800. The third kappa shape index (κ3) is 4.25. The van der Waals surface area contributed by atoms with Gasteiger partial charge < -0.3 is 11.1 Å². The molecule has 1 unspecified atom stereocenters. The molecule has 21 heavy (non-hydrogen) atoms. The molecule has 0 aliphatic heterocycles. The first kappa shape index (κ1) is 15.9. The first-order valence-electron chi connectivity index (χ1n) is 7.87. The first-order chi connectivity index (χ1) is 9.90. The molecule has 1 aliphatic carbocycles. The van der Waals surface area contributed by atoms with E-state index < -0.39 is 5.67 Å². The van der Waals surface area contributed by atoms with Crippen molar-refractivity contribution in [3.05, 3.63) is 5.82 Å². The van der Waals surface area contributed by atoms with Gasteiger partial charge in [0, 0.05) is 6.04 Å². The summed E-state index contributed by atoms with van der Waals surface area (Å²) in [4.78, 5) is 12.2. The minimum absolute atomic E-state index is 0.0618. The molecule has 0 saturated heterocycles. The largest absolute Gasteiger partial charge is 0.368 e. The summed E-state index contributed by atoms with van der Waals surface area (Å²) in [6.45, 7) is 4.99. The molecule has 6 heteroatoms. The van der Waals surface area contributed by atoms with Gasteiger partial charge in [-0.05, 0) is 39.0 Å². The van der Waals surface area contributed by atoms with E-state index in [2.05, 4.69) is 27.2 Å². The van der Waals surface area contributed by atoms with E-state index >= 15 is 0 Å². The van der Waals surface area contributed by atoms with Gasteiger partial charge in [-0.2, -0.15) is 15.0 Å². The Morgan fingerprint density at radius 3 is 2.48 bits per heavy atom. The topological polar surface area (TPSA) is 76.7 Å². The number of alkyl halides is 1. The van der Waals surface area contributed by atoms with E-state index in [1.54, 1.807) is 0 Å². The van der Waals surface area contributed by atoms with Crippen LogP contribution in [0.2, 0.25) is 0 Å². The smallest absolute Gasteiger partial charge is 0.228 e. The fourth-order valence-electron chi connectivity index (χ4n) is 2.98. The van der Waals surface area contributed by atoms with Crippen LogP contribution in [0.25, 0.3) is 0 Å². The molecule has 1 atom stereocenters. The molecular weight excluding hydrogens is 269 g/mol. The van der Waals surface area contributed by atoms with E-state index in [0.29, 0.717) is 17.9 Å². The number of nitrogen functional groups attached to an aromatic ring is 1. The number of anilines is 2. The van der Waals surface area contributed by atoms with E-state index in [0.717, 1.165) is 6.42 Å². The van der Waals surface area contributed by atoms with Gasteiger partial charge in [0.05, 0.1) is 0 Å². The van der Waals surface area contributed by atoms with Crippen molar-refractivity contribution in [1.82, 2.24) is 15.0 Å². The van der Waals surface area contributed by atoms with Gasteiger partial charge in [0.2, 0.25) is 11.9 Å². The summed E-state index contributed by atoms with van der Waals surface area (Å²) in [5.74, 6) is 1.16. The molecule has 1 aromatic heterocycles. The number of halogens is 1. The second kappa shape index (κ2) is 6.54. The van der Waals surface area contributed by atoms with E-state index in [1.165, 1.54) is 46.0 Å². The molecule has 5 nitrogen and oxygen atoms in total. The van der Waals surface area contributed by atoms with Crippen molar-refractivity contribution in [3.63, 3.8) is 0 Å². The number of nitrogens with two attached hydrogens (primary N) is 1. The summed E-state index contributed by atoms with van der Waals surface area (Å²) in [5.41, 5.74) is 4.06. The molecule has 0 amide bonds. The lowest BCUT2D eigenvalue weighted by Crippen LogP contribution is -2.31. The van der Waals surface area contributed by atoms with Crippen LogP contribution in [0.3, 0.4) is 0 Å². The van der Waals surface area contributed by atoms with Gasteiger partial charge in [-0.1, -0.05) is 26.2 Å². The Labute approximate surface area is 126 Å². The van der Waals surface area contributed by atoms with Crippen molar-refractivity contribution in [2.24, 2.45) is 5.92 Å². The average molecular weight is 295 g/mol. The third-order valence-corrected chi connectivity index (χ3v) is 4.16. The Hall–Kier alpha value is -1.46. The van der Waals surface area contributed by atoms with Crippen LogP contribution in [0.1, 0.15) is 65.1 Å². The van der Waals surface area contributed by atoms with Gasteiger partial charge in [0.15, 0.2) is 11.5 Å². The van der Waals surface area contributed by atoms with Gasteiger partial charge in [0.25, 0.3) is 0 Å². The summed E-state index contributed by atoms with van der Waals surface area (Å²) in [7, 11) is 0. The second-order valence-electron chi connectivity index (χ2n) is 6.37. The highest BCUT2D eigenvalue weighted by molar-refractivity contribution is 5.33. The van der Waals surface area contributed by atoms with Crippen LogP contribution in [0.4, 0.5) is 16.3 Å².